The molecule has 0 unspecified atom stereocenters. The topological polar surface area (TPSA) is 9.23 Å². The second-order valence-corrected chi connectivity index (χ2v) is 6.78. The SMILES string of the molecule is CC(C)(C)[Si]OCCCc1ccccc1. The average molecular weight is 220 g/mol. The van der Waals surface area contributed by atoms with Crippen molar-refractivity contribution >= 4 is 9.76 Å². The molecule has 2 heteroatoms. The van der Waals surface area contributed by atoms with Gasteiger partial charge in [0.15, 0.2) is 0 Å². The van der Waals surface area contributed by atoms with E-state index in [2.05, 4.69) is 51.1 Å². The minimum Gasteiger partial charge on any atom is -0.417 e. The van der Waals surface area contributed by atoms with Crippen LogP contribution in [-0.2, 0) is 10.8 Å². The van der Waals surface area contributed by atoms with Gasteiger partial charge in [-0.05, 0) is 23.4 Å². The molecule has 0 aliphatic rings. The summed E-state index contributed by atoms with van der Waals surface area (Å²) in [7, 11) is 0.609. The summed E-state index contributed by atoms with van der Waals surface area (Å²) in [6, 6.07) is 10.6. The second kappa shape index (κ2) is 6.08. The molecule has 0 aliphatic carbocycles. The van der Waals surface area contributed by atoms with E-state index in [0.717, 1.165) is 19.4 Å². The van der Waals surface area contributed by atoms with Gasteiger partial charge in [0.1, 0.15) is 0 Å². The van der Waals surface area contributed by atoms with E-state index < -0.39 is 0 Å². The standard InChI is InChI=1S/C13H20OSi/c1-13(2,3)15-14-11-7-10-12-8-5-4-6-9-12/h4-6,8-9H,7,10-11H2,1-3H3. The molecule has 1 nitrogen and oxygen atoms in total. The van der Waals surface area contributed by atoms with Crippen LogP contribution in [0.3, 0.4) is 0 Å². The first-order valence-corrected chi connectivity index (χ1v) is 6.42. The summed E-state index contributed by atoms with van der Waals surface area (Å²) in [4.78, 5) is 0. The van der Waals surface area contributed by atoms with Gasteiger partial charge in [0.05, 0.1) is 0 Å². The Kier molecular flexibility index (Phi) is 5.06. The Balaban J connectivity index is 2.08. The molecule has 0 N–H and O–H groups in total. The molecule has 0 saturated heterocycles. The fourth-order valence-corrected chi connectivity index (χ4v) is 1.94. The zero-order valence-electron chi connectivity index (χ0n) is 9.92. The van der Waals surface area contributed by atoms with Crippen LogP contribution in [-0.4, -0.2) is 16.4 Å². The van der Waals surface area contributed by atoms with Crippen LogP contribution in [0, 0.1) is 0 Å². The van der Waals surface area contributed by atoms with Crippen molar-refractivity contribution in [3.8, 4) is 0 Å². The molecule has 0 atom stereocenters. The fourth-order valence-electron chi connectivity index (χ4n) is 1.26. The number of hydrogen-bond acceptors (Lipinski definition) is 1. The van der Waals surface area contributed by atoms with E-state index in [9.17, 15) is 0 Å². The van der Waals surface area contributed by atoms with Crippen LogP contribution in [0.5, 0.6) is 0 Å². The molecule has 1 aromatic rings. The van der Waals surface area contributed by atoms with E-state index in [-0.39, 0.29) is 0 Å². The van der Waals surface area contributed by atoms with E-state index in [1.54, 1.807) is 0 Å². The van der Waals surface area contributed by atoms with Gasteiger partial charge in [-0.2, -0.15) is 0 Å². The Hall–Kier alpha value is -0.603. The highest BCUT2D eigenvalue weighted by Crippen LogP contribution is 2.19. The Morgan fingerprint density at radius 2 is 1.80 bits per heavy atom. The molecule has 1 rings (SSSR count). The zero-order chi connectivity index (χ0) is 11.1. The number of hydrogen-bond donors (Lipinski definition) is 0. The molecule has 0 saturated carbocycles. The first kappa shape index (κ1) is 12.5. The molecule has 2 radical (unpaired) electrons. The predicted octanol–water partition coefficient (Wildman–Crippen LogP) is 3.47. The molecule has 0 spiro atoms. The molecule has 0 aliphatic heterocycles. The van der Waals surface area contributed by atoms with E-state index in [0.29, 0.717) is 14.8 Å². The molecule has 0 amide bonds. The maximum Gasteiger partial charge on any atom is 0.235 e. The van der Waals surface area contributed by atoms with Gasteiger partial charge < -0.3 is 4.43 Å². The number of benzene rings is 1. The van der Waals surface area contributed by atoms with Crippen molar-refractivity contribution < 1.29 is 4.43 Å². The van der Waals surface area contributed by atoms with Crippen molar-refractivity contribution in [1.82, 2.24) is 0 Å². The molecular weight excluding hydrogens is 200 g/mol. The van der Waals surface area contributed by atoms with Crippen molar-refractivity contribution in [3.05, 3.63) is 35.9 Å². The highest BCUT2D eigenvalue weighted by atomic mass is 28.2. The minimum atomic E-state index is 0.312. The third-order valence-electron chi connectivity index (χ3n) is 1.93. The lowest BCUT2D eigenvalue weighted by Crippen LogP contribution is -2.13. The van der Waals surface area contributed by atoms with Gasteiger partial charge in [-0.15, -0.1) is 0 Å². The normalized spacial score (nSPS) is 11.7. The Labute approximate surface area is 95.8 Å². The zero-order valence-corrected chi connectivity index (χ0v) is 10.9. The third-order valence-corrected chi connectivity index (χ3v) is 2.89. The molecule has 1 aromatic carbocycles. The van der Waals surface area contributed by atoms with Crippen LogP contribution in [0.1, 0.15) is 32.8 Å². The monoisotopic (exact) mass is 220 g/mol. The van der Waals surface area contributed by atoms with Crippen LogP contribution in [0.2, 0.25) is 5.04 Å². The van der Waals surface area contributed by atoms with Crippen LogP contribution in [0.25, 0.3) is 0 Å². The highest BCUT2D eigenvalue weighted by Gasteiger charge is 2.12. The van der Waals surface area contributed by atoms with Gasteiger partial charge in [0.2, 0.25) is 9.76 Å². The summed E-state index contributed by atoms with van der Waals surface area (Å²) in [5.74, 6) is 0. The summed E-state index contributed by atoms with van der Waals surface area (Å²) in [6.07, 6.45) is 2.24. The van der Waals surface area contributed by atoms with Crippen LogP contribution >= 0.6 is 0 Å². The van der Waals surface area contributed by atoms with Gasteiger partial charge in [-0.3, -0.25) is 0 Å². The molecular formula is C13H20OSi. The number of rotatable bonds is 5. The Morgan fingerprint density at radius 1 is 1.13 bits per heavy atom. The van der Waals surface area contributed by atoms with E-state index in [1.165, 1.54) is 5.56 Å². The quantitative estimate of drug-likeness (QED) is 0.545. The summed E-state index contributed by atoms with van der Waals surface area (Å²) >= 11 is 0. The van der Waals surface area contributed by atoms with Crippen LogP contribution in [0.4, 0.5) is 0 Å². The summed E-state index contributed by atoms with van der Waals surface area (Å²) in [5.41, 5.74) is 1.40. The molecule has 0 bridgehead atoms. The third kappa shape index (κ3) is 6.47. The Morgan fingerprint density at radius 3 is 2.40 bits per heavy atom. The van der Waals surface area contributed by atoms with Crippen LogP contribution in [0.15, 0.2) is 30.3 Å². The first-order valence-electron chi connectivity index (χ1n) is 5.51. The van der Waals surface area contributed by atoms with E-state index >= 15 is 0 Å². The first-order chi connectivity index (χ1) is 7.08. The van der Waals surface area contributed by atoms with Gasteiger partial charge in [-0.1, -0.05) is 51.1 Å². The van der Waals surface area contributed by atoms with Crippen molar-refractivity contribution in [1.29, 1.82) is 0 Å². The minimum absolute atomic E-state index is 0.312. The highest BCUT2D eigenvalue weighted by molar-refractivity contribution is 6.31. The summed E-state index contributed by atoms with van der Waals surface area (Å²) in [5, 5.41) is 0.312. The van der Waals surface area contributed by atoms with Crippen molar-refractivity contribution in [2.45, 2.75) is 38.7 Å². The molecule has 0 aromatic heterocycles. The fraction of sp³-hybridized carbons (Fsp3) is 0.538. The van der Waals surface area contributed by atoms with Crippen molar-refractivity contribution in [3.63, 3.8) is 0 Å². The molecule has 0 fully saturated rings. The smallest absolute Gasteiger partial charge is 0.235 e. The maximum atomic E-state index is 5.65. The van der Waals surface area contributed by atoms with Crippen molar-refractivity contribution in [2.75, 3.05) is 6.61 Å². The van der Waals surface area contributed by atoms with E-state index in [1.807, 2.05) is 0 Å². The molecule has 0 heterocycles. The van der Waals surface area contributed by atoms with Gasteiger partial charge in [0.25, 0.3) is 0 Å². The van der Waals surface area contributed by atoms with Gasteiger partial charge in [-0.25, -0.2) is 0 Å². The molecule has 82 valence electrons. The largest absolute Gasteiger partial charge is 0.417 e. The predicted molar refractivity (Wildman–Crippen MR) is 66.2 cm³/mol. The average Bonchev–Trinajstić information content (AvgIpc) is 2.17. The lowest BCUT2D eigenvalue weighted by molar-refractivity contribution is 0.314. The van der Waals surface area contributed by atoms with Gasteiger partial charge in [0, 0.05) is 6.61 Å². The molecule has 15 heavy (non-hydrogen) atoms. The lowest BCUT2D eigenvalue weighted by Gasteiger charge is -2.15. The summed E-state index contributed by atoms with van der Waals surface area (Å²) < 4.78 is 5.65. The van der Waals surface area contributed by atoms with Crippen molar-refractivity contribution in [2.24, 2.45) is 0 Å². The summed E-state index contributed by atoms with van der Waals surface area (Å²) in [6.45, 7) is 7.51. The van der Waals surface area contributed by atoms with E-state index in [4.69, 9.17) is 4.43 Å². The lowest BCUT2D eigenvalue weighted by atomic mass is 10.1. The second-order valence-electron chi connectivity index (χ2n) is 4.79. The van der Waals surface area contributed by atoms with Gasteiger partial charge >= 0.3 is 0 Å². The Bertz CT molecular complexity index is 264. The maximum absolute atomic E-state index is 5.65. The number of aryl methyl sites for hydroxylation is 1. The van der Waals surface area contributed by atoms with Crippen LogP contribution < -0.4 is 0 Å².